The van der Waals surface area contributed by atoms with E-state index >= 15 is 0 Å². The average Bonchev–Trinajstić information content (AvgIpc) is 2.09. The molecule has 1 aromatic rings. The van der Waals surface area contributed by atoms with Crippen LogP contribution in [0.5, 0.6) is 0 Å². The number of alkyl halides is 1. The van der Waals surface area contributed by atoms with E-state index in [2.05, 4.69) is 15.9 Å². The largest absolute Gasteiger partial charge is 0.398 e. The first-order valence-electron chi connectivity index (χ1n) is 3.93. The fourth-order valence-corrected chi connectivity index (χ4v) is 1.44. The van der Waals surface area contributed by atoms with Crippen molar-refractivity contribution in [1.82, 2.24) is 0 Å². The summed E-state index contributed by atoms with van der Waals surface area (Å²) in [5.74, 6) is 0. The van der Waals surface area contributed by atoms with Crippen LogP contribution in [0.2, 0.25) is 5.02 Å². The van der Waals surface area contributed by atoms with Gasteiger partial charge in [-0.15, -0.1) is 0 Å². The van der Waals surface area contributed by atoms with Crippen molar-refractivity contribution in [3.63, 3.8) is 0 Å². The standard InChI is InChI=1S/C10H11BrClN/c1-7-5-8(3-2-4-11)9(12)6-10(7)13/h2-3,5-6H,4,13H2,1H3. The molecule has 1 nitrogen and oxygen atoms in total. The molecule has 0 bridgehead atoms. The number of nitrogen functional groups attached to an aromatic ring is 1. The summed E-state index contributed by atoms with van der Waals surface area (Å²) in [5.41, 5.74) is 8.50. The average molecular weight is 261 g/mol. The molecule has 0 fully saturated rings. The molecule has 0 saturated carbocycles. The Balaban J connectivity index is 3.08. The lowest BCUT2D eigenvalue weighted by atomic mass is 10.1. The van der Waals surface area contributed by atoms with Gasteiger partial charge in [0.15, 0.2) is 0 Å². The van der Waals surface area contributed by atoms with Crippen LogP contribution in [0.1, 0.15) is 11.1 Å². The summed E-state index contributed by atoms with van der Waals surface area (Å²) in [6, 6.07) is 3.77. The van der Waals surface area contributed by atoms with Gasteiger partial charge in [-0.1, -0.05) is 39.7 Å². The molecule has 1 rings (SSSR count). The van der Waals surface area contributed by atoms with Crippen LogP contribution in [0.3, 0.4) is 0 Å². The Morgan fingerprint density at radius 2 is 2.23 bits per heavy atom. The van der Waals surface area contributed by atoms with Crippen LogP contribution in [-0.2, 0) is 0 Å². The number of nitrogens with two attached hydrogens (primary N) is 1. The van der Waals surface area contributed by atoms with Gasteiger partial charge in [-0.25, -0.2) is 0 Å². The van der Waals surface area contributed by atoms with E-state index in [1.807, 2.05) is 25.1 Å². The molecule has 3 heteroatoms. The van der Waals surface area contributed by atoms with Crippen molar-refractivity contribution in [2.24, 2.45) is 0 Å². The highest BCUT2D eigenvalue weighted by Gasteiger charge is 2.00. The molecular formula is C10H11BrClN. The first-order valence-corrected chi connectivity index (χ1v) is 5.43. The third-order valence-electron chi connectivity index (χ3n) is 1.77. The summed E-state index contributed by atoms with van der Waals surface area (Å²) in [6.07, 6.45) is 3.97. The Morgan fingerprint density at radius 3 is 2.85 bits per heavy atom. The predicted molar refractivity (Wildman–Crippen MR) is 63.4 cm³/mol. The zero-order valence-corrected chi connectivity index (χ0v) is 9.69. The summed E-state index contributed by atoms with van der Waals surface area (Å²) in [4.78, 5) is 0. The highest BCUT2D eigenvalue weighted by atomic mass is 79.9. The number of hydrogen-bond donors (Lipinski definition) is 1. The van der Waals surface area contributed by atoms with Crippen LogP contribution in [0.25, 0.3) is 6.08 Å². The first kappa shape index (κ1) is 10.6. The third kappa shape index (κ3) is 2.75. The van der Waals surface area contributed by atoms with Crippen molar-refractivity contribution in [3.05, 3.63) is 34.4 Å². The number of benzene rings is 1. The van der Waals surface area contributed by atoms with Gasteiger partial charge in [-0.05, 0) is 30.2 Å². The Kier molecular flexibility index (Phi) is 3.82. The van der Waals surface area contributed by atoms with Gasteiger partial charge in [0.2, 0.25) is 0 Å². The van der Waals surface area contributed by atoms with E-state index in [1.165, 1.54) is 0 Å². The van der Waals surface area contributed by atoms with Crippen molar-refractivity contribution in [2.45, 2.75) is 6.92 Å². The molecule has 0 spiro atoms. The van der Waals surface area contributed by atoms with Crippen molar-refractivity contribution < 1.29 is 0 Å². The number of rotatable bonds is 2. The number of aryl methyl sites for hydroxylation is 1. The molecule has 0 aliphatic rings. The zero-order valence-electron chi connectivity index (χ0n) is 7.35. The van der Waals surface area contributed by atoms with Gasteiger partial charge in [0.05, 0.1) is 0 Å². The van der Waals surface area contributed by atoms with Gasteiger partial charge in [-0.3, -0.25) is 0 Å². The lowest BCUT2D eigenvalue weighted by Gasteiger charge is -2.03. The van der Waals surface area contributed by atoms with E-state index in [1.54, 1.807) is 6.07 Å². The maximum absolute atomic E-state index is 5.99. The first-order chi connectivity index (χ1) is 6.15. The van der Waals surface area contributed by atoms with E-state index in [-0.39, 0.29) is 0 Å². The fourth-order valence-electron chi connectivity index (χ4n) is 1.02. The summed E-state index contributed by atoms with van der Waals surface area (Å²) in [7, 11) is 0. The molecule has 0 unspecified atom stereocenters. The van der Waals surface area contributed by atoms with Gasteiger partial charge in [0.1, 0.15) is 0 Å². The minimum Gasteiger partial charge on any atom is -0.398 e. The Bertz CT molecular complexity index is 334. The molecule has 0 aliphatic carbocycles. The molecule has 0 aromatic heterocycles. The van der Waals surface area contributed by atoms with Gasteiger partial charge in [0.25, 0.3) is 0 Å². The van der Waals surface area contributed by atoms with Gasteiger partial charge in [-0.2, -0.15) is 0 Å². The van der Waals surface area contributed by atoms with Crippen molar-refractivity contribution in [3.8, 4) is 0 Å². The zero-order chi connectivity index (χ0) is 9.84. The van der Waals surface area contributed by atoms with Crippen LogP contribution < -0.4 is 5.73 Å². The van der Waals surface area contributed by atoms with E-state index < -0.39 is 0 Å². The smallest absolute Gasteiger partial charge is 0.0498 e. The Labute approximate surface area is 91.7 Å². The van der Waals surface area contributed by atoms with E-state index in [0.717, 1.165) is 22.1 Å². The molecule has 0 heterocycles. The number of halogens is 2. The van der Waals surface area contributed by atoms with E-state index in [9.17, 15) is 0 Å². The maximum Gasteiger partial charge on any atom is 0.0498 e. The van der Waals surface area contributed by atoms with Crippen LogP contribution in [0, 0.1) is 6.92 Å². The minimum atomic E-state index is 0.695. The number of hydrogen-bond acceptors (Lipinski definition) is 1. The normalized spacial score (nSPS) is 11.0. The van der Waals surface area contributed by atoms with Crippen LogP contribution in [0.15, 0.2) is 18.2 Å². The molecule has 0 atom stereocenters. The topological polar surface area (TPSA) is 26.0 Å². The second-order valence-electron chi connectivity index (χ2n) is 2.79. The van der Waals surface area contributed by atoms with Crippen LogP contribution >= 0.6 is 27.5 Å². The summed E-state index contributed by atoms with van der Waals surface area (Å²) >= 11 is 9.30. The Morgan fingerprint density at radius 1 is 1.54 bits per heavy atom. The summed E-state index contributed by atoms with van der Waals surface area (Å²) < 4.78 is 0. The summed E-state index contributed by atoms with van der Waals surface area (Å²) in [5, 5.41) is 1.52. The number of allylic oxidation sites excluding steroid dienone is 1. The molecular weight excluding hydrogens is 249 g/mol. The minimum absolute atomic E-state index is 0.695. The molecule has 0 saturated heterocycles. The molecule has 2 N–H and O–H groups in total. The molecule has 13 heavy (non-hydrogen) atoms. The lowest BCUT2D eigenvalue weighted by molar-refractivity contribution is 1.46. The van der Waals surface area contributed by atoms with Crippen molar-refractivity contribution in [2.75, 3.05) is 11.1 Å². The molecule has 0 aliphatic heterocycles. The van der Waals surface area contributed by atoms with E-state index in [0.29, 0.717) is 5.02 Å². The highest BCUT2D eigenvalue weighted by Crippen LogP contribution is 2.23. The SMILES string of the molecule is Cc1cc(C=CCBr)c(Cl)cc1N. The molecule has 0 radical (unpaired) electrons. The van der Waals surface area contributed by atoms with Crippen molar-refractivity contribution >= 4 is 39.3 Å². The highest BCUT2D eigenvalue weighted by molar-refractivity contribution is 9.09. The second kappa shape index (κ2) is 4.68. The third-order valence-corrected chi connectivity index (χ3v) is 2.47. The van der Waals surface area contributed by atoms with Crippen LogP contribution in [0.4, 0.5) is 5.69 Å². The van der Waals surface area contributed by atoms with Crippen molar-refractivity contribution in [1.29, 1.82) is 0 Å². The van der Waals surface area contributed by atoms with Gasteiger partial charge >= 0.3 is 0 Å². The summed E-state index contributed by atoms with van der Waals surface area (Å²) in [6.45, 7) is 1.97. The molecule has 70 valence electrons. The lowest BCUT2D eigenvalue weighted by Crippen LogP contribution is -1.90. The monoisotopic (exact) mass is 259 g/mol. The molecule has 0 amide bonds. The predicted octanol–water partition coefficient (Wildman–Crippen LogP) is 3.64. The Hall–Kier alpha value is -0.470. The molecule has 1 aromatic carbocycles. The maximum atomic E-state index is 5.99. The second-order valence-corrected chi connectivity index (χ2v) is 3.84. The van der Waals surface area contributed by atoms with E-state index in [4.69, 9.17) is 17.3 Å². The quantitative estimate of drug-likeness (QED) is 0.638. The van der Waals surface area contributed by atoms with Gasteiger partial charge < -0.3 is 5.73 Å². The van der Waals surface area contributed by atoms with Crippen LogP contribution in [-0.4, -0.2) is 5.33 Å². The van der Waals surface area contributed by atoms with Gasteiger partial charge in [0, 0.05) is 16.0 Å². The fraction of sp³-hybridized carbons (Fsp3) is 0.200. The number of anilines is 1.